The fourth-order valence-electron chi connectivity index (χ4n) is 3.44. The Morgan fingerprint density at radius 1 is 1.04 bits per heavy atom. The number of nitrogens with zero attached hydrogens (tertiary/aromatic N) is 5. The van der Waals surface area contributed by atoms with E-state index in [1.165, 1.54) is 24.7 Å². The van der Waals surface area contributed by atoms with Crippen LogP contribution in [-0.2, 0) is 6.54 Å². The van der Waals surface area contributed by atoms with Gasteiger partial charge in [0, 0.05) is 12.7 Å². The van der Waals surface area contributed by atoms with Crippen LogP contribution in [0.4, 0.5) is 11.6 Å². The summed E-state index contributed by atoms with van der Waals surface area (Å²) >= 11 is 0. The predicted molar refractivity (Wildman–Crippen MR) is 101 cm³/mol. The van der Waals surface area contributed by atoms with Gasteiger partial charge in [0.05, 0.1) is 29.8 Å². The molecule has 1 atom stereocenters. The first-order chi connectivity index (χ1) is 12.9. The van der Waals surface area contributed by atoms with E-state index in [2.05, 4.69) is 55.5 Å². The molecule has 1 aliphatic heterocycles. The van der Waals surface area contributed by atoms with Crippen molar-refractivity contribution >= 4 is 11.6 Å². The molecule has 0 aliphatic carbocycles. The highest BCUT2D eigenvalue weighted by atomic mass is 15.2. The molecule has 0 saturated carbocycles. The fraction of sp³-hybridized carbons (Fsp3) is 0.300. The largest absolute Gasteiger partial charge is 0.322 e. The number of hydrogen-bond donors (Lipinski definition) is 1. The first-order valence-corrected chi connectivity index (χ1v) is 9.01. The Balaban J connectivity index is 1.53. The second kappa shape index (κ2) is 8.01. The van der Waals surface area contributed by atoms with Gasteiger partial charge in [0.25, 0.3) is 0 Å². The maximum atomic E-state index is 4.76. The van der Waals surface area contributed by atoms with Gasteiger partial charge in [0.1, 0.15) is 6.33 Å². The Labute approximate surface area is 153 Å². The van der Waals surface area contributed by atoms with Gasteiger partial charge in [-0.1, -0.05) is 36.8 Å². The van der Waals surface area contributed by atoms with Crippen LogP contribution in [0.15, 0.2) is 61.3 Å². The van der Waals surface area contributed by atoms with Crippen molar-refractivity contribution in [2.24, 2.45) is 0 Å². The quantitative estimate of drug-likeness (QED) is 0.759. The molecule has 6 heteroatoms. The van der Waals surface area contributed by atoms with Gasteiger partial charge < -0.3 is 5.32 Å². The SMILES string of the molecule is c1ccc(CN2CCCC[C@H]2c2ccnc(Nc3cncnc3)n2)cc1. The molecule has 0 spiro atoms. The lowest BCUT2D eigenvalue weighted by atomic mass is 9.98. The molecule has 3 aromatic rings. The number of likely N-dealkylation sites (tertiary alicyclic amines) is 1. The zero-order chi connectivity index (χ0) is 17.6. The smallest absolute Gasteiger partial charge is 0.227 e. The van der Waals surface area contributed by atoms with Gasteiger partial charge in [-0.05, 0) is 31.0 Å². The van der Waals surface area contributed by atoms with Gasteiger partial charge >= 0.3 is 0 Å². The van der Waals surface area contributed by atoms with Gasteiger partial charge in [0.15, 0.2) is 0 Å². The van der Waals surface area contributed by atoms with Crippen molar-refractivity contribution in [3.05, 3.63) is 72.6 Å². The Morgan fingerprint density at radius 2 is 1.88 bits per heavy atom. The van der Waals surface area contributed by atoms with Crippen molar-refractivity contribution in [1.82, 2.24) is 24.8 Å². The first kappa shape index (κ1) is 16.6. The van der Waals surface area contributed by atoms with Crippen LogP contribution in [0, 0.1) is 0 Å². The summed E-state index contributed by atoms with van der Waals surface area (Å²) in [5, 5.41) is 3.18. The lowest BCUT2D eigenvalue weighted by Gasteiger charge is -2.35. The molecule has 132 valence electrons. The average Bonchev–Trinajstić information content (AvgIpc) is 2.70. The molecule has 4 rings (SSSR count). The minimum atomic E-state index is 0.319. The second-order valence-electron chi connectivity index (χ2n) is 6.52. The third-order valence-electron chi connectivity index (χ3n) is 4.68. The third kappa shape index (κ3) is 4.03. The predicted octanol–water partition coefficient (Wildman–Crippen LogP) is 3.74. The van der Waals surface area contributed by atoms with Crippen LogP contribution in [0.5, 0.6) is 0 Å². The number of anilines is 2. The second-order valence-corrected chi connectivity index (χ2v) is 6.52. The molecule has 3 heterocycles. The van der Waals surface area contributed by atoms with Crippen LogP contribution >= 0.6 is 0 Å². The molecular weight excluding hydrogens is 324 g/mol. The number of benzene rings is 1. The summed E-state index contributed by atoms with van der Waals surface area (Å²) in [6, 6.07) is 13.0. The van der Waals surface area contributed by atoms with Gasteiger partial charge in [-0.2, -0.15) is 0 Å². The van der Waals surface area contributed by atoms with E-state index in [0.29, 0.717) is 12.0 Å². The van der Waals surface area contributed by atoms with E-state index in [1.54, 1.807) is 12.4 Å². The highest BCUT2D eigenvalue weighted by molar-refractivity contribution is 5.49. The summed E-state index contributed by atoms with van der Waals surface area (Å²) in [5.41, 5.74) is 3.19. The summed E-state index contributed by atoms with van der Waals surface area (Å²) < 4.78 is 0. The number of aromatic nitrogens is 4. The van der Waals surface area contributed by atoms with Crippen molar-refractivity contribution in [3.63, 3.8) is 0 Å². The normalized spacial score (nSPS) is 17.8. The van der Waals surface area contributed by atoms with E-state index >= 15 is 0 Å². The Hall–Kier alpha value is -2.86. The zero-order valence-corrected chi connectivity index (χ0v) is 14.6. The molecule has 1 aliphatic rings. The molecule has 0 radical (unpaired) electrons. The maximum absolute atomic E-state index is 4.76. The Bertz CT molecular complexity index is 824. The molecule has 1 saturated heterocycles. The standard InChI is InChI=1S/C20H22N6/c1-2-6-16(7-3-1)14-26-11-5-4-8-19(26)18-9-10-23-20(25-18)24-17-12-21-15-22-13-17/h1-3,6-7,9-10,12-13,15,19H,4-5,8,11,14H2,(H,23,24,25)/t19-/m0/s1. The van der Waals surface area contributed by atoms with Crippen molar-refractivity contribution in [1.29, 1.82) is 0 Å². The van der Waals surface area contributed by atoms with E-state index in [9.17, 15) is 0 Å². The summed E-state index contributed by atoms with van der Waals surface area (Å²) in [7, 11) is 0. The Morgan fingerprint density at radius 3 is 2.73 bits per heavy atom. The maximum Gasteiger partial charge on any atom is 0.227 e. The van der Waals surface area contributed by atoms with E-state index in [0.717, 1.165) is 30.9 Å². The zero-order valence-electron chi connectivity index (χ0n) is 14.6. The van der Waals surface area contributed by atoms with E-state index in [-0.39, 0.29) is 0 Å². The van der Waals surface area contributed by atoms with E-state index < -0.39 is 0 Å². The minimum Gasteiger partial charge on any atom is -0.322 e. The number of hydrogen-bond acceptors (Lipinski definition) is 6. The van der Waals surface area contributed by atoms with E-state index in [4.69, 9.17) is 4.98 Å². The van der Waals surface area contributed by atoms with Gasteiger partial charge in [0.2, 0.25) is 5.95 Å². The molecule has 1 fully saturated rings. The van der Waals surface area contributed by atoms with Crippen LogP contribution in [0.3, 0.4) is 0 Å². The Kier molecular flexibility index (Phi) is 5.12. The van der Waals surface area contributed by atoms with Gasteiger partial charge in [-0.15, -0.1) is 0 Å². The van der Waals surface area contributed by atoms with Crippen LogP contribution in [-0.4, -0.2) is 31.4 Å². The molecular formula is C20H22N6. The van der Waals surface area contributed by atoms with Crippen molar-refractivity contribution in [2.75, 3.05) is 11.9 Å². The summed E-state index contributed by atoms with van der Waals surface area (Å²) in [6.07, 6.45) is 10.3. The molecule has 2 aromatic heterocycles. The van der Waals surface area contributed by atoms with Crippen molar-refractivity contribution in [2.45, 2.75) is 31.8 Å². The summed E-state index contributed by atoms with van der Waals surface area (Å²) in [4.78, 5) is 19.7. The van der Waals surface area contributed by atoms with E-state index in [1.807, 2.05) is 12.3 Å². The van der Waals surface area contributed by atoms with Crippen LogP contribution in [0.25, 0.3) is 0 Å². The first-order valence-electron chi connectivity index (χ1n) is 9.01. The fourth-order valence-corrected chi connectivity index (χ4v) is 3.44. The third-order valence-corrected chi connectivity index (χ3v) is 4.68. The molecule has 6 nitrogen and oxygen atoms in total. The van der Waals surface area contributed by atoms with Crippen LogP contribution in [0.2, 0.25) is 0 Å². The van der Waals surface area contributed by atoms with Gasteiger partial charge in [-0.3, -0.25) is 4.90 Å². The summed E-state index contributed by atoms with van der Waals surface area (Å²) in [5.74, 6) is 0.586. The highest BCUT2D eigenvalue weighted by Crippen LogP contribution is 2.31. The number of piperidine rings is 1. The van der Waals surface area contributed by atoms with Crippen LogP contribution in [0.1, 0.15) is 36.6 Å². The molecule has 0 unspecified atom stereocenters. The van der Waals surface area contributed by atoms with Crippen molar-refractivity contribution < 1.29 is 0 Å². The molecule has 1 N–H and O–H groups in total. The van der Waals surface area contributed by atoms with Crippen molar-refractivity contribution in [3.8, 4) is 0 Å². The monoisotopic (exact) mass is 346 g/mol. The minimum absolute atomic E-state index is 0.319. The average molecular weight is 346 g/mol. The number of rotatable bonds is 5. The lowest BCUT2D eigenvalue weighted by Crippen LogP contribution is -2.33. The molecule has 0 amide bonds. The van der Waals surface area contributed by atoms with Crippen LogP contribution < -0.4 is 5.32 Å². The number of nitrogens with one attached hydrogen (secondary N) is 1. The molecule has 0 bridgehead atoms. The topological polar surface area (TPSA) is 66.8 Å². The molecule has 26 heavy (non-hydrogen) atoms. The highest BCUT2D eigenvalue weighted by Gasteiger charge is 2.25. The lowest BCUT2D eigenvalue weighted by molar-refractivity contribution is 0.137. The summed E-state index contributed by atoms with van der Waals surface area (Å²) in [6.45, 7) is 2.05. The van der Waals surface area contributed by atoms with Gasteiger partial charge in [-0.25, -0.2) is 19.9 Å². The molecule has 1 aromatic carbocycles.